The van der Waals surface area contributed by atoms with Crippen molar-refractivity contribution < 1.29 is 4.79 Å². The molecule has 0 saturated carbocycles. The number of rotatable bonds is 3. The highest BCUT2D eigenvalue weighted by Crippen LogP contribution is 2.21. The summed E-state index contributed by atoms with van der Waals surface area (Å²) in [6.45, 7) is 4.92. The van der Waals surface area contributed by atoms with Gasteiger partial charge in [-0.05, 0) is 51.0 Å². The standard InChI is InChI=1S/C17H21N3O/c18-11-14-4-6-15(7-5-14)17(21)13-19-8-2-10-20-9-1-3-16(20)12-19/h4-7,16H,1-3,8-10,12-13H2. The van der Waals surface area contributed by atoms with Gasteiger partial charge in [-0.2, -0.15) is 5.26 Å². The topological polar surface area (TPSA) is 47.3 Å². The maximum atomic E-state index is 12.4. The summed E-state index contributed by atoms with van der Waals surface area (Å²) in [7, 11) is 0. The van der Waals surface area contributed by atoms with E-state index in [0.29, 0.717) is 23.7 Å². The van der Waals surface area contributed by atoms with Crippen LogP contribution in [0, 0.1) is 11.3 Å². The largest absolute Gasteiger partial charge is 0.299 e. The second kappa shape index (κ2) is 6.38. The summed E-state index contributed by atoms with van der Waals surface area (Å²) < 4.78 is 0. The van der Waals surface area contributed by atoms with Gasteiger partial charge in [0, 0.05) is 18.2 Å². The lowest BCUT2D eigenvalue weighted by Crippen LogP contribution is -2.38. The zero-order valence-electron chi connectivity index (χ0n) is 12.3. The number of fused-ring (bicyclic) bond motifs is 1. The van der Waals surface area contributed by atoms with E-state index in [9.17, 15) is 4.79 Å². The Balaban J connectivity index is 1.62. The Hall–Kier alpha value is -1.70. The molecule has 1 unspecified atom stereocenters. The molecule has 0 aliphatic carbocycles. The first-order chi connectivity index (χ1) is 10.3. The van der Waals surface area contributed by atoms with Gasteiger partial charge < -0.3 is 0 Å². The van der Waals surface area contributed by atoms with Gasteiger partial charge in [0.1, 0.15) is 0 Å². The van der Waals surface area contributed by atoms with E-state index >= 15 is 0 Å². The van der Waals surface area contributed by atoms with E-state index in [4.69, 9.17) is 5.26 Å². The number of nitrogens with zero attached hydrogens (tertiary/aromatic N) is 3. The number of hydrogen-bond acceptors (Lipinski definition) is 4. The Labute approximate surface area is 126 Å². The van der Waals surface area contributed by atoms with Gasteiger partial charge in [-0.15, -0.1) is 0 Å². The minimum atomic E-state index is 0.158. The van der Waals surface area contributed by atoms with Crippen LogP contribution in [0.25, 0.3) is 0 Å². The molecule has 2 fully saturated rings. The molecular weight excluding hydrogens is 262 g/mol. The Kier molecular flexibility index (Phi) is 4.33. The van der Waals surface area contributed by atoms with Crippen LogP contribution in [0.4, 0.5) is 0 Å². The summed E-state index contributed by atoms with van der Waals surface area (Å²) in [6, 6.07) is 9.68. The predicted octanol–water partition coefficient (Wildman–Crippen LogP) is 1.91. The maximum Gasteiger partial charge on any atom is 0.176 e. The number of carbonyl (C=O) groups is 1. The van der Waals surface area contributed by atoms with Gasteiger partial charge in [0.05, 0.1) is 18.2 Å². The quantitative estimate of drug-likeness (QED) is 0.795. The highest BCUT2D eigenvalue weighted by molar-refractivity contribution is 5.97. The fourth-order valence-electron chi connectivity index (χ4n) is 3.45. The molecule has 4 nitrogen and oxygen atoms in total. The number of hydrogen-bond donors (Lipinski definition) is 0. The van der Waals surface area contributed by atoms with Crippen LogP contribution < -0.4 is 0 Å². The highest BCUT2D eigenvalue weighted by atomic mass is 16.1. The summed E-state index contributed by atoms with van der Waals surface area (Å²) >= 11 is 0. The van der Waals surface area contributed by atoms with Crippen molar-refractivity contribution in [3.63, 3.8) is 0 Å². The third kappa shape index (κ3) is 3.31. The van der Waals surface area contributed by atoms with Crippen LogP contribution in [0.15, 0.2) is 24.3 Å². The second-order valence-corrected chi connectivity index (χ2v) is 6.03. The van der Waals surface area contributed by atoms with Gasteiger partial charge in [0.2, 0.25) is 0 Å². The van der Waals surface area contributed by atoms with E-state index in [1.807, 2.05) is 0 Å². The normalized spacial score (nSPS) is 23.3. The summed E-state index contributed by atoms with van der Waals surface area (Å²) in [6.07, 6.45) is 3.71. The fraction of sp³-hybridized carbons (Fsp3) is 0.529. The molecule has 21 heavy (non-hydrogen) atoms. The maximum absolute atomic E-state index is 12.4. The molecule has 3 rings (SSSR count). The molecule has 0 aromatic heterocycles. The van der Waals surface area contributed by atoms with Crippen molar-refractivity contribution in [1.82, 2.24) is 9.80 Å². The minimum absolute atomic E-state index is 0.158. The highest BCUT2D eigenvalue weighted by Gasteiger charge is 2.29. The van der Waals surface area contributed by atoms with Crippen LogP contribution in [0.3, 0.4) is 0 Å². The molecule has 0 bridgehead atoms. The van der Waals surface area contributed by atoms with Crippen molar-refractivity contribution in [1.29, 1.82) is 5.26 Å². The molecule has 1 aromatic carbocycles. The van der Waals surface area contributed by atoms with Gasteiger partial charge in [0.15, 0.2) is 5.78 Å². The summed E-state index contributed by atoms with van der Waals surface area (Å²) in [5, 5.41) is 8.80. The van der Waals surface area contributed by atoms with Gasteiger partial charge in [-0.3, -0.25) is 14.6 Å². The van der Waals surface area contributed by atoms with Crippen molar-refractivity contribution >= 4 is 5.78 Å². The molecule has 2 aliphatic heterocycles. The molecule has 0 radical (unpaired) electrons. The fourth-order valence-corrected chi connectivity index (χ4v) is 3.45. The first-order valence-corrected chi connectivity index (χ1v) is 7.76. The molecule has 1 aromatic rings. The molecule has 2 aliphatic rings. The number of benzene rings is 1. The van der Waals surface area contributed by atoms with Crippen LogP contribution in [-0.4, -0.2) is 54.3 Å². The summed E-state index contributed by atoms with van der Waals surface area (Å²) in [4.78, 5) is 17.3. The van der Waals surface area contributed by atoms with Crippen LogP contribution in [0.1, 0.15) is 35.2 Å². The van der Waals surface area contributed by atoms with E-state index in [0.717, 1.165) is 19.5 Å². The minimum Gasteiger partial charge on any atom is -0.299 e. The van der Waals surface area contributed by atoms with Gasteiger partial charge >= 0.3 is 0 Å². The van der Waals surface area contributed by atoms with E-state index in [1.165, 1.54) is 25.9 Å². The number of Topliss-reactive ketones (excluding diaryl/α,β-unsaturated/α-hetero) is 1. The Morgan fingerprint density at radius 1 is 1.19 bits per heavy atom. The monoisotopic (exact) mass is 283 g/mol. The zero-order chi connectivity index (χ0) is 14.7. The molecule has 110 valence electrons. The second-order valence-electron chi connectivity index (χ2n) is 6.03. The van der Waals surface area contributed by atoms with Crippen molar-refractivity contribution in [3.05, 3.63) is 35.4 Å². The molecule has 1 atom stereocenters. The first-order valence-electron chi connectivity index (χ1n) is 7.76. The van der Waals surface area contributed by atoms with E-state index in [-0.39, 0.29) is 5.78 Å². The molecule has 2 heterocycles. The summed E-state index contributed by atoms with van der Waals surface area (Å²) in [5.41, 5.74) is 1.31. The SMILES string of the molecule is N#Cc1ccc(C(=O)CN2CCCN3CCCC3C2)cc1. The summed E-state index contributed by atoms with van der Waals surface area (Å²) in [5.74, 6) is 0.158. The molecular formula is C17H21N3O. The van der Waals surface area contributed by atoms with Gasteiger partial charge in [-0.1, -0.05) is 12.1 Å². The van der Waals surface area contributed by atoms with Crippen LogP contribution >= 0.6 is 0 Å². The van der Waals surface area contributed by atoms with E-state index < -0.39 is 0 Å². The van der Waals surface area contributed by atoms with Crippen LogP contribution in [0.2, 0.25) is 0 Å². The van der Waals surface area contributed by atoms with E-state index in [1.54, 1.807) is 24.3 Å². The Morgan fingerprint density at radius 2 is 1.95 bits per heavy atom. The van der Waals surface area contributed by atoms with E-state index in [2.05, 4.69) is 15.9 Å². The predicted molar refractivity (Wildman–Crippen MR) is 81.1 cm³/mol. The zero-order valence-corrected chi connectivity index (χ0v) is 12.3. The van der Waals surface area contributed by atoms with Crippen molar-refractivity contribution in [2.24, 2.45) is 0 Å². The average molecular weight is 283 g/mol. The van der Waals surface area contributed by atoms with Crippen LogP contribution in [0.5, 0.6) is 0 Å². The number of ketones is 1. The lowest BCUT2D eigenvalue weighted by atomic mass is 10.1. The number of nitriles is 1. The third-order valence-electron chi connectivity index (χ3n) is 4.59. The van der Waals surface area contributed by atoms with Gasteiger partial charge in [0.25, 0.3) is 0 Å². The molecule has 2 saturated heterocycles. The molecule has 0 amide bonds. The Morgan fingerprint density at radius 3 is 2.71 bits per heavy atom. The van der Waals surface area contributed by atoms with Crippen molar-refractivity contribution in [3.8, 4) is 6.07 Å². The van der Waals surface area contributed by atoms with Crippen LogP contribution in [-0.2, 0) is 0 Å². The first kappa shape index (κ1) is 14.2. The van der Waals surface area contributed by atoms with Crippen molar-refractivity contribution in [2.75, 3.05) is 32.7 Å². The molecule has 0 N–H and O–H groups in total. The van der Waals surface area contributed by atoms with Gasteiger partial charge in [-0.25, -0.2) is 0 Å². The van der Waals surface area contributed by atoms with Crippen molar-refractivity contribution in [2.45, 2.75) is 25.3 Å². The average Bonchev–Trinajstić information content (AvgIpc) is 2.86. The lowest BCUT2D eigenvalue weighted by Gasteiger charge is -2.25. The third-order valence-corrected chi connectivity index (χ3v) is 4.59. The Bertz CT molecular complexity index is 546. The smallest absolute Gasteiger partial charge is 0.176 e. The number of carbonyl (C=O) groups excluding carboxylic acids is 1. The molecule has 4 heteroatoms. The molecule has 0 spiro atoms. The lowest BCUT2D eigenvalue weighted by molar-refractivity contribution is 0.0925.